The zero-order valence-electron chi connectivity index (χ0n) is 17.2. The van der Waals surface area contributed by atoms with Crippen molar-refractivity contribution in [3.63, 3.8) is 0 Å². The van der Waals surface area contributed by atoms with Crippen LogP contribution in [0, 0.1) is 12.7 Å². The van der Waals surface area contributed by atoms with Gasteiger partial charge < -0.3 is 9.80 Å². The van der Waals surface area contributed by atoms with E-state index in [9.17, 15) is 9.18 Å². The second-order valence-electron chi connectivity index (χ2n) is 7.74. The van der Waals surface area contributed by atoms with Gasteiger partial charge in [0.2, 0.25) is 0 Å². The molecule has 1 saturated heterocycles. The van der Waals surface area contributed by atoms with Crippen LogP contribution in [0.5, 0.6) is 0 Å². The van der Waals surface area contributed by atoms with Crippen LogP contribution in [0.1, 0.15) is 15.2 Å². The van der Waals surface area contributed by atoms with Crippen LogP contribution in [0.2, 0.25) is 0 Å². The average molecular weight is 432 g/mol. The van der Waals surface area contributed by atoms with E-state index in [0.717, 1.165) is 40.3 Å². The number of hydrogen-bond acceptors (Lipinski definition) is 4. The monoisotopic (exact) mass is 431 g/mol. The van der Waals surface area contributed by atoms with Gasteiger partial charge in [-0.05, 0) is 55.5 Å². The van der Waals surface area contributed by atoms with Gasteiger partial charge in [0.1, 0.15) is 5.82 Å². The summed E-state index contributed by atoms with van der Waals surface area (Å²) in [4.78, 5) is 24.7. The maximum atomic E-state index is 13.5. The van der Waals surface area contributed by atoms with Crippen LogP contribution in [0.3, 0.4) is 0 Å². The Bertz CT molecular complexity index is 1240. The quantitative estimate of drug-likeness (QED) is 0.437. The zero-order valence-corrected chi connectivity index (χ0v) is 18.0. The van der Waals surface area contributed by atoms with Crippen molar-refractivity contribution in [3.05, 3.63) is 83.0 Å². The molecule has 0 bridgehead atoms. The number of pyridine rings is 1. The summed E-state index contributed by atoms with van der Waals surface area (Å²) in [5.41, 5.74) is 3.35. The van der Waals surface area contributed by atoms with Crippen molar-refractivity contribution < 1.29 is 9.18 Å². The number of carbonyl (C=O) groups is 1. The summed E-state index contributed by atoms with van der Waals surface area (Å²) in [6.07, 6.45) is 0. The predicted molar refractivity (Wildman–Crippen MR) is 124 cm³/mol. The number of piperazine rings is 1. The summed E-state index contributed by atoms with van der Waals surface area (Å²) in [6.45, 7) is 4.76. The summed E-state index contributed by atoms with van der Waals surface area (Å²) >= 11 is 1.68. The molecule has 2 aromatic heterocycles. The molecule has 1 aliphatic heterocycles. The van der Waals surface area contributed by atoms with Gasteiger partial charge >= 0.3 is 0 Å². The molecule has 1 aliphatic rings. The van der Waals surface area contributed by atoms with Gasteiger partial charge in [-0.15, -0.1) is 11.3 Å². The normalized spacial score (nSPS) is 14.3. The number of aryl methyl sites for hydroxylation is 1. The van der Waals surface area contributed by atoms with Crippen molar-refractivity contribution in [1.82, 2.24) is 9.88 Å². The first-order valence-electron chi connectivity index (χ1n) is 10.3. The molecule has 0 aliphatic carbocycles. The van der Waals surface area contributed by atoms with Crippen molar-refractivity contribution in [3.8, 4) is 10.6 Å². The molecule has 0 radical (unpaired) electrons. The highest BCUT2D eigenvalue weighted by Gasteiger charge is 2.24. The third-order valence-corrected chi connectivity index (χ3v) is 6.72. The Labute approximate surface area is 184 Å². The number of anilines is 1. The first-order valence-corrected chi connectivity index (χ1v) is 11.2. The van der Waals surface area contributed by atoms with Crippen molar-refractivity contribution in [2.45, 2.75) is 6.92 Å². The van der Waals surface area contributed by atoms with E-state index in [0.29, 0.717) is 18.7 Å². The Morgan fingerprint density at radius 1 is 0.968 bits per heavy atom. The fraction of sp³-hybridized carbons (Fsp3) is 0.200. The Balaban J connectivity index is 1.42. The number of para-hydroxylation sites is 1. The minimum Gasteiger partial charge on any atom is -0.368 e. The highest BCUT2D eigenvalue weighted by atomic mass is 32.1. The van der Waals surface area contributed by atoms with Gasteiger partial charge in [-0.25, -0.2) is 9.37 Å². The molecule has 0 unspecified atom stereocenters. The van der Waals surface area contributed by atoms with E-state index in [2.05, 4.69) is 24.0 Å². The lowest BCUT2D eigenvalue weighted by Crippen LogP contribution is -2.48. The van der Waals surface area contributed by atoms with Gasteiger partial charge in [-0.2, -0.15) is 0 Å². The predicted octanol–water partition coefficient (Wildman–Crippen LogP) is 5.37. The molecule has 1 amide bonds. The zero-order chi connectivity index (χ0) is 21.4. The van der Waals surface area contributed by atoms with Gasteiger partial charge in [-0.1, -0.05) is 18.2 Å². The number of nitrogens with zero attached hydrogens (tertiary/aromatic N) is 3. The first-order chi connectivity index (χ1) is 15.1. The second-order valence-corrected chi connectivity index (χ2v) is 9.03. The number of carbonyl (C=O) groups excluding carboxylic acids is 1. The number of aromatic nitrogens is 1. The number of hydrogen-bond donors (Lipinski definition) is 0. The maximum absolute atomic E-state index is 13.5. The largest absolute Gasteiger partial charge is 0.368 e. The Hall–Kier alpha value is -3.25. The summed E-state index contributed by atoms with van der Waals surface area (Å²) < 4.78 is 13.2. The van der Waals surface area contributed by atoms with E-state index < -0.39 is 0 Å². The molecule has 6 heteroatoms. The van der Waals surface area contributed by atoms with Crippen LogP contribution in [0.4, 0.5) is 10.1 Å². The molecule has 5 rings (SSSR count). The van der Waals surface area contributed by atoms with Crippen LogP contribution in [0.15, 0.2) is 66.7 Å². The van der Waals surface area contributed by atoms with Crippen molar-refractivity contribution >= 4 is 33.8 Å². The minimum atomic E-state index is -0.237. The average Bonchev–Trinajstić information content (AvgIpc) is 3.25. The third-order valence-electron chi connectivity index (χ3n) is 5.70. The molecule has 4 aromatic rings. The molecular formula is C25H22FN3OS. The fourth-order valence-corrected chi connectivity index (χ4v) is 4.87. The summed E-state index contributed by atoms with van der Waals surface area (Å²) in [5, 5.41) is 0.880. The highest BCUT2D eigenvalue weighted by molar-refractivity contribution is 7.15. The fourth-order valence-electron chi connectivity index (χ4n) is 4.04. The lowest BCUT2D eigenvalue weighted by atomic mass is 10.1. The van der Waals surface area contributed by atoms with Crippen LogP contribution < -0.4 is 4.90 Å². The highest BCUT2D eigenvalue weighted by Crippen LogP contribution is 2.30. The Morgan fingerprint density at radius 2 is 1.71 bits per heavy atom. The number of rotatable bonds is 3. The number of benzene rings is 2. The number of fused-ring (bicyclic) bond motifs is 1. The van der Waals surface area contributed by atoms with Crippen molar-refractivity contribution in [2.24, 2.45) is 0 Å². The summed E-state index contributed by atoms with van der Waals surface area (Å²) in [6, 6.07) is 20.4. The number of thiophene rings is 1. The van der Waals surface area contributed by atoms with Gasteiger partial charge in [-0.3, -0.25) is 4.79 Å². The standard InChI is InChI=1S/C25H22FN3OS/c1-17-6-11-24(31-17)23-16-21(20-4-2-3-5-22(20)27-23)25(30)29-14-12-28(13-15-29)19-9-7-18(26)8-10-19/h2-11,16H,12-15H2,1H3. The second kappa shape index (κ2) is 8.12. The molecular weight excluding hydrogens is 409 g/mol. The van der Waals surface area contributed by atoms with Crippen molar-refractivity contribution in [2.75, 3.05) is 31.1 Å². The molecule has 0 N–H and O–H groups in total. The van der Waals surface area contributed by atoms with E-state index in [1.807, 2.05) is 35.2 Å². The van der Waals surface area contributed by atoms with Crippen LogP contribution in [-0.2, 0) is 0 Å². The van der Waals surface area contributed by atoms with Gasteiger partial charge in [0.05, 0.1) is 21.7 Å². The van der Waals surface area contributed by atoms with Crippen LogP contribution >= 0.6 is 11.3 Å². The van der Waals surface area contributed by atoms with E-state index in [-0.39, 0.29) is 11.7 Å². The summed E-state index contributed by atoms with van der Waals surface area (Å²) in [5.74, 6) is -0.203. The Morgan fingerprint density at radius 3 is 2.42 bits per heavy atom. The SMILES string of the molecule is Cc1ccc(-c2cc(C(=O)N3CCN(c4ccc(F)cc4)CC3)c3ccccc3n2)s1. The topological polar surface area (TPSA) is 36.4 Å². The molecule has 156 valence electrons. The number of halogens is 1. The Kier molecular flexibility index (Phi) is 5.16. The molecule has 3 heterocycles. The molecule has 0 atom stereocenters. The lowest BCUT2D eigenvalue weighted by Gasteiger charge is -2.36. The lowest BCUT2D eigenvalue weighted by molar-refractivity contribution is 0.0748. The molecule has 2 aromatic carbocycles. The van der Waals surface area contributed by atoms with E-state index >= 15 is 0 Å². The van der Waals surface area contributed by atoms with E-state index in [4.69, 9.17) is 4.98 Å². The first kappa shape index (κ1) is 19.7. The molecule has 4 nitrogen and oxygen atoms in total. The van der Waals surface area contributed by atoms with Gasteiger partial charge in [0.15, 0.2) is 0 Å². The molecule has 31 heavy (non-hydrogen) atoms. The summed E-state index contributed by atoms with van der Waals surface area (Å²) in [7, 11) is 0. The van der Waals surface area contributed by atoms with E-state index in [1.54, 1.807) is 23.5 Å². The molecule has 1 fully saturated rings. The minimum absolute atomic E-state index is 0.0342. The van der Waals surface area contributed by atoms with Crippen LogP contribution in [0.25, 0.3) is 21.5 Å². The smallest absolute Gasteiger partial charge is 0.254 e. The number of amides is 1. The third kappa shape index (κ3) is 3.91. The van der Waals surface area contributed by atoms with E-state index in [1.165, 1.54) is 17.0 Å². The molecule has 0 saturated carbocycles. The van der Waals surface area contributed by atoms with Crippen LogP contribution in [-0.4, -0.2) is 42.0 Å². The van der Waals surface area contributed by atoms with Gasteiger partial charge in [0.25, 0.3) is 5.91 Å². The van der Waals surface area contributed by atoms with Gasteiger partial charge in [0, 0.05) is 42.1 Å². The van der Waals surface area contributed by atoms with Crippen molar-refractivity contribution in [1.29, 1.82) is 0 Å². The maximum Gasteiger partial charge on any atom is 0.254 e. The molecule has 0 spiro atoms.